The summed E-state index contributed by atoms with van der Waals surface area (Å²) >= 11 is 3.47. The number of aryl methyl sites for hydroxylation is 1. The average Bonchev–Trinajstić information content (AvgIpc) is 2.78. The van der Waals surface area contributed by atoms with E-state index in [9.17, 15) is 0 Å². The van der Waals surface area contributed by atoms with Gasteiger partial charge in [0.2, 0.25) is 0 Å². The Hall–Kier alpha value is -1.74. The third-order valence-corrected chi connectivity index (χ3v) is 3.52. The lowest BCUT2D eigenvalue weighted by atomic mass is 10.2. The smallest absolute Gasteiger partial charge is 0.128 e. The minimum atomic E-state index is 0.551. The molecule has 2 aromatic carbocycles. The largest absolute Gasteiger partial charge is 0.487 e. The number of hydrogen-bond donors (Lipinski definition) is 1. The van der Waals surface area contributed by atoms with E-state index in [2.05, 4.69) is 52.1 Å². The van der Waals surface area contributed by atoms with Crippen LogP contribution in [-0.2, 0) is 6.61 Å². The summed E-state index contributed by atoms with van der Waals surface area (Å²) in [6, 6.07) is 16.4. The predicted octanol–water partition coefficient (Wildman–Crippen LogP) is 4.82. The highest BCUT2D eigenvalue weighted by atomic mass is 79.9. The van der Waals surface area contributed by atoms with Crippen molar-refractivity contribution in [1.29, 1.82) is 0 Å². The van der Waals surface area contributed by atoms with E-state index < -0.39 is 0 Å². The first-order chi connectivity index (χ1) is 9.20. The van der Waals surface area contributed by atoms with Crippen LogP contribution in [0, 0.1) is 6.92 Å². The van der Waals surface area contributed by atoms with E-state index in [1.807, 2.05) is 24.3 Å². The molecular formula is C16H14BrNO. The number of hydrogen-bond acceptors (Lipinski definition) is 1. The number of fused-ring (bicyclic) bond motifs is 1. The van der Waals surface area contributed by atoms with Crippen LogP contribution in [-0.4, -0.2) is 4.98 Å². The number of H-pyrrole nitrogens is 1. The lowest BCUT2D eigenvalue weighted by Crippen LogP contribution is -1.95. The van der Waals surface area contributed by atoms with Crippen molar-refractivity contribution in [3.8, 4) is 5.75 Å². The van der Waals surface area contributed by atoms with Crippen LogP contribution >= 0.6 is 15.9 Å². The normalized spacial score (nSPS) is 10.8. The minimum Gasteiger partial charge on any atom is -0.487 e. The molecule has 3 aromatic rings. The standard InChI is InChI=1S/C16H14BrNO/c1-11-3-2-4-15(7-11)19-10-14-8-12-5-6-13(17)9-16(12)18-14/h2-9,18H,10H2,1H3. The molecule has 0 atom stereocenters. The van der Waals surface area contributed by atoms with Crippen LogP contribution in [0.4, 0.5) is 0 Å². The maximum atomic E-state index is 5.79. The van der Waals surface area contributed by atoms with E-state index in [1.165, 1.54) is 10.9 Å². The van der Waals surface area contributed by atoms with Crippen molar-refractivity contribution in [2.75, 3.05) is 0 Å². The van der Waals surface area contributed by atoms with Crippen molar-refractivity contribution < 1.29 is 4.74 Å². The van der Waals surface area contributed by atoms with E-state index in [0.717, 1.165) is 21.4 Å². The van der Waals surface area contributed by atoms with E-state index >= 15 is 0 Å². The molecule has 96 valence electrons. The van der Waals surface area contributed by atoms with Gasteiger partial charge in [-0.3, -0.25) is 0 Å². The number of rotatable bonds is 3. The lowest BCUT2D eigenvalue weighted by molar-refractivity contribution is 0.302. The summed E-state index contributed by atoms with van der Waals surface area (Å²) in [7, 11) is 0. The molecule has 0 unspecified atom stereocenters. The predicted molar refractivity (Wildman–Crippen MR) is 81.5 cm³/mol. The van der Waals surface area contributed by atoms with Crippen LogP contribution in [0.25, 0.3) is 10.9 Å². The van der Waals surface area contributed by atoms with E-state index in [4.69, 9.17) is 4.74 Å². The Morgan fingerprint density at radius 3 is 2.84 bits per heavy atom. The Bertz CT molecular complexity index is 718. The zero-order chi connectivity index (χ0) is 13.2. The molecule has 0 spiro atoms. The number of aromatic nitrogens is 1. The topological polar surface area (TPSA) is 25.0 Å². The number of halogens is 1. The second-order valence-electron chi connectivity index (χ2n) is 4.63. The van der Waals surface area contributed by atoms with Gasteiger partial charge in [-0.25, -0.2) is 0 Å². The summed E-state index contributed by atoms with van der Waals surface area (Å²) in [5.41, 5.74) is 3.41. The van der Waals surface area contributed by atoms with Gasteiger partial charge in [-0.15, -0.1) is 0 Å². The first-order valence-electron chi connectivity index (χ1n) is 6.17. The van der Waals surface area contributed by atoms with Crippen molar-refractivity contribution in [1.82, 2.24) is 4.98 Å². The Morgan fingerprint density at radius 2 is 2.00 bits per heavy atom. The quantitative estimate of drug-likeness (QED) is 0.736. The fraction of sp³-hybridized carbons (Fsp3) is 0.125. The Kier molecular flexibility index (Phi) is 3.30. The zero-order valence-electron chi connectivity index (χ0n) is 10.6. The molecule has 1 aromatic heterocycles. The molecule has 0 amide bonds. The molecule has 0 aliphatic heterocycles. The van der Waals surface area contributed by atoms with Crippen molar-refractivity contribution in [2.45, 2.75) is 13.5 Å². The van der Waals surface area contributed by atoms with Crippen molar-refractivity contribution in [2.24, 2.45) is 0 Å². The SMILES string of the molecule is Cc1cccc(OCc2cc3ccc(Br)cc3[nH]2)c1. The van der Waals surface area contributed by atoms with Gasteiger partial charge in [-0.05, 0) is 48.2 Å². The van der Waals surface area contributed by atoms with Crippen LogP contribution in [0.2, 0.25) is 0 Å². The maximum absolute atomic E-state index is 5.79. The van der Waals surface area contributed by atoms with E-state index in [0.29, 0.717) is 6.61 Å². The third-order valence-electron chi connectivity index (χ3n) is 3.02. The van der Waals surface area contributed by atoms with Crippen LogP contribution < -0.4 is 4.74 Å². The molecule has 2 nitrogen and oxygen atoms in total. The highest BCUT2D eigenvalue weighted by Crippen LogP contribution is 2.21. The number of aromatic amines is 1. The fourth-order valence-electron chi connectivity index (χ4n) is 2.10. The molecular weight excluding hydrogens is 302 g/mol. The van der Waals surface area contributed by atoms with Gasteiger partial charge in [0.05, 0.1) is 5.69 Å². The van der Waals surface area contributed by atoms with Crippen molar-refractivity contribution >= 4 is 26.8 Å². The zero-order valence-corrected chi connectivity index (χ0v) is 12.2. The molecule has 3 rings (SSSR count). The monoisotopic (exact) mass is 315 g/mol. The molecule has 0 radical (unpaired) electrons. The maximum Gasteiger partial charge on any atom is 0.128 e. The molecule has 0 fully saturated rings. The minimum absolute atomic E-state index is 0.551. The molecule has 0 saturated carbocycles. The molecule has 1 N–H and O–H groups in total. The number of benzene rings is 2. The summed E-state index contributed by atoms with van der Waals surface area (Å²) in [4.78, 5) is 3.37. The Balaban J connectivity index is 1.78. The summed E-state index contributed by atoms with van der Waals surface area (Å²) in [5, 5.41) is 1.20. The van der Waals surface area contributed by atoms with Crippen molar-refractivity contribution in [3.63, 3.8) is 0 Å². The van der Waals surface area contributed by atoms with Gasteiger partial charge < -0.3 is 9.72 Å². The van der Waals surface area contributed by atoms with Gasteiger partial charge in [0.1, 0.15) is 12.4 Å². The van der Waals surface area contributed by atoms with E-state index in [1.54, 1.807) is 0 Å². The summed E-state index contributed by atoms with van der Waals surface area (Å²) < 4.78 is 6.87. The number of nitrogens with one attached hydrogen (secondary N) is 1. The molecule has 3 heteroatoms. The van der Waals surface area contributed by atoms with Crippen molar-refractivity contribution in [3.05, 3.63) is 64.3 Å². The molecule has 19 heavy (non-hydrogen) atoms. The molecule has 0 aliphatic carbocycles. The Morgan fingerprint density at radius 1 is 1.11 bits per heavy atom. The van der Waals surface area contributed by atoms with Gasteiger partial charge in [-0.1, -0.05) is 34.1 Å². The molecule has 0 saturated heterocycles. The highest BCUT2D eigenvalue weighted by Gasteiger charge is 2.02. The summed E-state index contributed by atoms with van der Waals surface area (Å²) in [5.74, 6) is 0.903. The van der Waals surface area contributed by atoms with Crippen LogP contribution in [0.3, 0.4) is 0 Å². The van der Waals surface area contributed by atoms with Gasteiger partial charge in [0, 0.05) is 9.99 Å². The summed E-state index contributed by atoms with van der Waals surface area (Å²) in [6.07, 6.45) is 0. The van der Waals surface area contributed by atoms with E-state index in [-0.39, 0.29) is 0 Å². The summed E-state index contributed by atoms with van der Waals surface area (Å²) in [6.45, 7) is 2.61. The third kappa shape index (κ3) is 2.82. The van der Waals surface area contributed by atoms with Gasteiger partial charge in [-0.2, -0.15) is 0 Å². The van der Waals surface area contributed by atoms with Gasteiger partial charge in [0.25, 0.3) is 0 Å². The fourth-order valence-corrected chi connectivity index (χ4v) is 2.46. The van der Waals surface area contributed by atoms with Gasteiger partial charge >= 0.3 is 0 Å². The second-order valence-corrected chi connectivity index (χ2v) is 5.55. The number of ether oxygens (including phenoxy) is 1. The van der Waals surface area contributed by atoms with Crippen LogP contribution in [0.1, 0.15) is 11.3 Å². The van der Waals surface area contributed by atoms with Crippen LogP contribution in [0.5, 0.6) is 5.75 Å². The highest BCUT2D eigenvalue weighted by molar-refractivity contribution is 9.10. The molecule has 0 aliphatic rings. The lowest BCUT2D eigenvalue weighted by Gasteiger charge is -2.05. The Labute approximate surface area is 120 Å². The molecule has 1 heterocycles. The first kappa shape index (κ1) is 12.3. The van der Waals surface area contributed by atoms with Crippen LogP contribution in [0.15, 0.2) is 53.0 Å². The second kappa shape index (κ2) is 5.10. The van der Waals surface area contributed by atoms with Gasteiger partial charge in [0.15, 0.2) is 0 Å². The first-order valence-corrected chi connectivity index (χ1v) is 6.97. The average molecular weight is 316 g/mol. The molecule has 0 bridgehead atoms.